The third kappa shape index (κ3) is 2.23. The van der Waals surface area contributed by atoms with Gasteiger partial charge in [0, 0.05) is 29.6 Å². The highest BCUT2D eigenvalue weighted by Crippen LogP contribution is 2.29. The molecule has 20 heavy (non-hydrogen) atoms. The Kier molecular flexibility index (Phi) is 3.54. The third-order valence-electron chi connectivity index (χ3n) is 3.47. The van der Waals surface area contributed by atoms with Crippen molar-refractivity contribution in [1.82, 2.24) is 9.38 Å². The summed E-state index contributed by atoms with van der Waals surface area (Å²) in [6, 6.07) is 6.81. The molecule has 0 aliphatic rings. The van der Waals surface area contributed by atoms with Crippen molar-refractivity contribution in [2.45, 2.75) is 25.8 Å². The first-order valence-electron chi connectivity index (χ1n) is 6.65. The molecule has 5 heteroatoms. The summed E-state index contributed by atoms with van der Waals surface area (Å²) in [5.74, 6) is -0.246. The van der Waals surface area contributed by atoms with Crippen LogP contribution in [0.3, 0.4) is 0 Å². The fourth-order valence-electron chi connectivity index (χ4n) is 2.29. The molecule has 0 radical (unpaired) electrons. The lowest BCUT2D eigenvalue weighted by atomic mass is 10.0. The van der Waals surface area contributed by atoms with Gasteiger partial charge in [0.15, 0.2) is 4.96 Å². The average Bonchev–Trinajstić information content (AvgIpc) is 3.02. The van der Waals surface area contributed by atoms with E-state index in [2.05, 4.69) is 11.9 Å². The zero-order chi connectivity index (χ0) is 14.1. The predicted molar refractivity (Wildman–Crippen MR) is 80.4 cm³/mol. The molecule has 2 N–H and O–H groups in total. The summed E-state index contributed by atoms with van der Waals surface area (Å²) in [6.07, 6.45) is 3.54. The van der Waals surface area contributed by atoms with Gasteiger partial charge in [-0.25, -0.2) is 9.37 Å². The Balaban J connectivity index is 2.17. The van der Waals surface area contributed by atoms with Gasteiger partial charge in [-0.05, 0) is 18.6 Å². The molecule has 0 aliphatic heterocycles. The lowest BCUT2D eigenvalue weighted by Gasteiger charge is -2.10. The van der Waals surface area contributed by atoms with Crippen molar-refractivity contribution in [3.63, 3.8) is 0 Å². The topological polar surface area (TPSA) is 43.3 Å². The van der Waals surface area contributed by atoms with Crippen molar-refractivity contribution in [2.24, 2.45) is 5.73 Å². The van der Waals surface area contributed by atoms with Gasteiger partial charge in [-0.15, -0.1) is 11.3 Å². The van der Waals surface area contributed by atoms with Crippen molar-refractivity contribution in [2.75, 3.05) is 0 Å². The Bertz CT molecular complexity index is 732. The molecule has 104 valence electrons. The molecular formula is C15H16FN3S. The summed E-state index contributed by atoms with van der Waals surface area (Å²) >= 11 is 1.55. The summed E-state index contributed by atoms with van der Waals surface area (Å²) in [5.41, 5.74) is 8.31. The van der Waals surface area contributed by atoms with Crippen LogP contribution in [0, 0.1) is 5.82 Å². The number of imidazole rings is 1. The van der Waals surface area contributed by atoms with E-state index in [9.17, 15) is 4.39 Å². The zero-order valence-corrected chi connectivity index (χ0v) is 12.0. The first-order chi connectivity index (χ1) is 9.70. The van der Waals surface area contributed by atoms with Crippen molar-refractivity contribution in [3.8, 4) is 11.3 Å². The quantitative estimate of drug-likeness (QED) is 0.799. The van der Waals surface area contributed by atoms with Crippen LogP contribution >= 0.6 is 11.3 Å². The minimum Gasteiger partial charge on any atom is -0.327 e. The summed E-state index contributed by atoms with van der Waals surface area (Å²) in [5, 5.41) is 1.98. The van der Waals surface area contributed by atoms with Crippen molar-refractivity contribution in [1.29, 1.82) is 0 Å². The summed E-state index contributed by atoms with van der Waals surface area (Å²) in [6.45, 7) is 2.05. The minimum absolute atomic E-state index is 0.0559. The molecule has 2 aromatic heterocycles. The van der Waals surface area contributed by atoms with Gasteiger partial charge in [-0.2, -0.15) is 0 Å². The summed E-state index contributed by atoms with van der Waals surface area (Å²) < 4.78 is 16.0. The fraction of sp³-hybridized carbons (Fsp3) is 0.267. The molecule has 0 aliphatic carbocycles. The normalized spacial score (nSPS) is 12.9. The average molecular weight is 289 g/mol. The maximum Gasteiger partial charge on any atom is 0.194 e. The highest BCUT2D eigenvalue weighted by Gasteiger charge is 2.18. The molecule has 0 spiro atoms. The largest absolute Gasteiger partial charge is 0.327 e. The zero-order valence-electron chi connectivity index (χ0n) is 11.2. The van der Waals surface area contributed by atoms with E-state index < -0.39 is 0 Å². The molecule has 0 fully saturated rings. The van der Waals surface area contributed by atoms with Crippen molar-refractivity contribution < 1.29 is 4.39 Å². The fourth-order valence-corrected chi connectivity index (χ4v) is 3.02. The molecule has 1 atom stereocenters. The van der Waals surface area contributed by atoms with E-state index >= 15 is 0 Å². The maximum absolute atomic E-state index is 14.0. The number of hydrogen-bond donors (Lipinski definition) is 1. The SMILES string of the molecule is CCC(N)Cc1c(-c2ccccc2F)nc2sccn12. The Hall–Kier alpha value is -1.72. The second-order valence-corrected chi connectivity index (χ2v) is 5.69. The van der Waals surface area contributed by atoms with E-state index in [4.69, 9.17) is 5.73 Å². The molecule has 3 aromatic rings. The Morgan fingerprint density at radius 3 is 2.95 bits per heavy atom. The van der Waals surface area contributed by atoms with Crippen LogP contribution in [0.5, 0.6) is 0 Å². The number of halogens is 1. The maximum atomic E-state index is 14.0. The highest BCUT2D eigenvalue weighted by atomic mass is 32.1. The van der Waals surface area contributed by atoms with Gasteiger partial charge in [0.2, 0.25) is 0 Å². The van der Waals surface area contributed by atoms with Gasteiger partial charge >= 0.3 is 0 Å². The second kappa shape index (κ2) is 5.34. The van der Waals surface area contributed by atoms with Crippen LogP contribution < -0.4 is 5.73 Å². The van der Waals surface area contributed by atoms with Crippen molar-refractivity contribution >= 4 is 16.3 Å². The molecule has 0 saturated heterocycles. The van der Waals surface area contributed by atoms with Crippen LogP contribution in [-0.4, -0.2) is 15.4 Å². The first kappa shape index (κ1) is 13.3. The number of thiazole rings is 1. The molecule has 3 rings (SSSR count). The molecule has 0 bridgehead atoms. The lowest BCUT2D eigenvalue weighted by molar-refractivity contribution is 0.625. The van der Waals surface area contributed by atoms with Gasteiger partial charge in [0.1, 0.15) is 5.82 Å². The smallest absolute Gasteiger partial charge is 0.194 e. The minimum atomic E-state index is -0.246. The summed E-state index contributed by atoms with van der Waals surface area (Å²) in [7, 11) is 0. The molecule has 1 aromatic carbocycles. The molecule has 1 unspecified atom stereocenters. The van der Waals surface area contributed by atoms with Crippen molar-refractivity contribution in [3.05, 3.63) is 47.4 Å². The van der Waals surface area contributed by atoms with E-state index in [1.54, 1.807) is 23.5 Å². The van der Waals surface area contributed by atoms with Crippen LogP contribution in [-0.2, 0) is 6.42 Å². The Morgan fingerprint density at radius 1 is 1.40 bits per heavy atom. The molecular weight excluding hydrogens is 273 g/mol. The van der Waals surface area contributed by atoms with Gasteiger partial charge in [-0.1, -0.05) is 19.1 Å². The first-order valence-corrected chi connectivity index (χ1v) is 7.53. The Labute approximate surface area is 120 Å². The van der Waals surface area contributed by atoms with Gasteiger partial charge in [0.05, 0.1) is 11.4 Å². The summed E-state index contributed by atoms with van der Waals surface area (Å²) in [4.78, 5) is 5.45. The van der Waals surface area contributed by atoms with E-state index in [0.29, 0.717) is 17.7 Å². The van der Waals surface area contributed by atoms with Crippen LogP contribution in [0.4, 0.5) is 4.39 Å². The van der Waals surface area contributed by atoms with Crippen LogP contribution in [0.25, 0.3) is 16.2 Å². The number of aromatic nitrogens is 2. The number of nitrogens with zero attached hydrogens (tertiary/aromatic N) is 2. The van der Waals surface area contributed by atoms with Gasteiger partial charge in [-0.3, -0.25) is 4.40 Å². The number of nitrogens with two attached hydrogens (primary N) is 1. The van der Waals surface area contributed by atoms with E-state index in [-0.39, 0.29) is 11.9 Å². The monoisotopic (exact) mass is 289 g/mol. The van der Waals surface area contributed by atoms with E-state index in [1.807, 2.05) is 22.0 Å². The highest BCUT2D eigenvalue weighted by molar-refractivity contribution is 7.15. The van der Waals surface area contributed by atoms with Crippen LogP contribution in [0.2, 0.25) is 0 Å². The van der Waals surface area contributed by atoms with Gasteiger partial charge < -0.3 is 5.73 Å². The number of rotatable bonds is 4. The van der Waals surface area contributed by atoms with Crippen LogP contribution in [0.15, 0.2) is 35.8 Å². The molecule has 0 saturated carbocycles. The molecule has 3 nitrogen and oxygen atoms in total. The third-order valence-corrected chi connectivity index (χ3v) is 4.23. The Morgan fingerprint density at radius 2 is 2.20 bits per heavy atom. The molecule has 0 amide bonds. The number of hydrogen-bond acceptors (Lipinski definition) is 3. The second-order valence-electron chi connectivity index (χ2n) is 4.81. The van der Waals surface area contributed by atoms with E-state index in [0.717, 1.165) is 17.1 Å². The predicted octanol–water partition coefficient (Wildman–Crippen LogP) is 3.48. The van der Waals surface area contributed by atoms with Crippen LogP contribution in [0.1, 0.15) is 19.0 Å². The van der Waals surface area contributed by atoms with E-state index in [1.165, 1.54) is 6.07 Å². The number of fused-ring (bicyclic) bond motifs is 1. The standard InChI is InChI=1S/C15H16FN3S/c1-2-10(17)9-13-14(11-5-3-4-6-12(11)16)18-15-19(13)7-8-20-15/h3-8,10H,2,9,17H2,1H3. The lowest BCUT2D eigenvalue weighted by Crippen LogP contribution is -2.22. The van der Waals surface area contributed by atoms with Gasteiger partial charge in [0.25, 0.3) is 0 Å². The number of benzene rings is 1. The molecule has 2 heterocycles.